The van der Waals surface area contributed by atoms with E-state index < -0.39 is 0 Å². The van der Waals surface area contributed by atoms with Crippen LogP contribution in [0.1, 0.15) is 38.5 Å². The van der Waals surface area contributed by atoms with Crippen LogP contribution >= 0.6 is 0 Å². The van der Waals surface area contributed by atoms with Gasteiger partial charge in [-0.1, -0.05) is 6.08 Å². The maximum atomic E-state index is 11.3. The molecule has 1 aliphatic heterocycles. The topological polar surface area (TPSA) is 46.6 Å². The number of nitrogens with zero attached hydrogens (tertiary/aromatic N) is 1. The summed E-state index contributed by atoms with van der Waals surface area (Å²) in [5.74, 6) is -0.399. The van der Waals surface area contributed by atoms with Crippen molar-refractivity contribution in [2.75, 3.05) is 6.54 Å². The van der Waals surface area contributed by atoms with Crippen LogP contribution in [-0.4, -0.2) is 23.5 Å². The molecular weight excluding hydrogens is 194 g/mol. The molecule has 1 fully saturated rings. The molecule has 0 radical (unpaired) electrons. The zero-order chi connectivity index (χ0) is 11.1. The minimum absolute atomic E-state index is 0.0885. The van der Waals surface area contributed by atoms with Crippen molar-refractivity contribution in [3.63, 3.8) is 0 Å². The summed E-state index contributed by atoms with van der Waals surface area (Å²) in [5.41, 5.74) is 0. The van der Waals surface area contributed by atoms with Crippen LogP contribution in [-0.2, 0) is 14.4 Å². The summed E-state index contributed by atoms with van der Waals surface area (Å²) >= 11 is 0. The Bertz CT molecular complexity index is 250. The van der Waals surface area contributed by atoms with E-state index in [1.54, 1.807) is 0 Å². The molecule has 1 saturated heterocycles. The Labute approximate surface area is 89.8 Å². The number of hydrogen-bond donors (Lipinski definition) is 0. The molecule has 4 nitrogen and oxygen atoms in total. The summed E-state index contributed by atoms with van der Waals surface area (Å²) in [5, 5.41) is 1.18. The third kappa shape index (κ3) is 4.14. The fraction of sp³-hybridized carbons (Fsp3) is 0.636. The van der Waals surface area contributed by atoms with Crippen molar-refractivity contribution < 1.29 is 14.4 Å². The van der Waals surface area contributed by atoms with Gasteiger partial charge in [-0.25, -0.2) is 4.79 Å². The van der Waals surface area contributed by atoms with Crippen molar-refractivity contribution in [1.29, 1.82) is 0 Å². The van der Waals surface area contributed by atoms with Crippen molar-refractivity contribution >= 4 is 11.9 Å². The predicted octanol–water partition coefficient (Wildman–Crippen LogP) is 1.81. The van der Waals surface area contributed by atoms with Crippen LogP contribution in [0.25, 0.3) is 0 Å². The molecule has 1 heterocycles. The van der Waals surface area contributed by atoms with E-state index in [1.807, 2.05) is 6.08 Å². The van der Waals surface area contributed by atoms with Crippen LogP contribution in [0.3, 0.4) is 0 Å². The predicted molar refractivity (Wildman–Crippen MR) is 55.7 cm³/mol. The number of unbranched alkanes of at least 4 members (excludes halogenated alkanes) is 2. The van der Waals surface area contributed by atoms with Gasteiger partial charge in [0.2, 0.25) is 0 Å². The highest BCUT2D eigenvalue weighted by Gasteiger charge is 2.23. The summed E-state index contributed by atoms with van der Waals surface area (Å²) < 4.78 is 0. The average molecular weight is 211 g/mol. The Kier molecular flexibility index (Phi) is 4.87. The lowest BCUT2D eigenvalue weighted by Gasteiger charge is -2.13. The van der Waals surface area contributed by atoms with Crippen molar-refractivity contribution in [3.8, 4) is 0 Å². The lowest BCUT2D eigenvalue weighted by molar-refractivity contribution is -0.192. The second-order valence-electron chi connectivity index (χ2n) is 3.60. The number of amides is 1. The Morgan fingerprint density at radius 1 is 1.53 bits per heavy atom. The minimum atomic E-state index is -0.311. The maximum absolute atomic E-state index is 11.3. The molecule has 1 rings (SSSR count). The summed E-state index contributed by atoms with van der Waals surface area (Å²) in [6, 6.07) is 0. The second-order valence-corrected chi connectivity index (χ2v) is 3.60. The van der Waals surface area contributed by atoms with E-state index in [4.69, 9.17) is 4.84 Å². The molecule has 1 aliphatic rings. The smallest absolute Gasteiger partial charge is 0.332 e. The number of carbonyl (C=O) groups is 2. The Hall–Kier alpha value is -1.32. The SMILES string of the molecule is C=CCCCCC(=O)ON1CCCC1=O. The molecule has 0 atom stereocenters. The standard InChI is InChI=1S/C11H17NO3/c1-2-3-4-5-8-11(14)15-12-9-6-7-10(12)13/h2H,1,3-9H2. The molecule has 0 N–H and O–H groups in total. The van der Waals surface area contributed by atoms with Gasteiger partial charge >= 0.3 is 5.97 Å². The summed E-state index contributed by atoms with van der Waals surface area (Å²) in [4.78, 5) is 27.3. The molecule has 0 bridgehead atoms. The van der Waals surface area contributed by atoms with Crippen LogP contribution in [0.2, 0.25) is 0 Å². The Balaban J connectivity index is 2.12. The van der Waals surface area contributed by atoms with Gasteiger partial charge in [-0.15, -0.1) is 6.58 Å². The van der Waals surface area contributed by atoms with Crippen molar-refractivity contribution in [1.82, 2.24) is 5.06 Å². The summed E-state index contributed by atoms with van der Waals surface area (Å²) in [7, 11) is 0. The van der Waals surface area contributed by atoms with Gasteiger partial charge in [0, 0.05) is 12.8 Å². The summed E-state index contributed by atoms with van der Waals surface area (Å²) in [6.07, 6.45) is 6.11. The molecule has 0 aromatic carbocycles. The fourth-order valence-electron chi connectivity index (χ4n) is 1.45. The number of allylic oxidation sites excluding steroid dienone is 1. The van der Waals surface area contributed by atoms with Gasteiger partial charge in [0.05, 0.1) is 6.54 Å². The highest BCUT2D eigenvalue weighted by Crippen LogP contribution is 2.11. The summed E-state index contributed by atoms with van der Waals surface area (Å²) in [6.45, 7) is 4.14. The van der Waals surface area contributed by atoms with E-state index in [0.717, 1.165) is 25.7 Å². The first kappa shape index (κ1) is 11.8. The quantitative estimate of drug-likeness (QED) is 0.497. The lowest BCUT2D eigenvalue weighted by Crippen LogP contribution is -2.28. The zero-order valence-corrected chi connectivity index (χ0v) is 8.91. The number of hydroxylamine groups is 2. The molecule has 4 heteroatoms. The van der Waals surface area contributed by atoms with Gasteiger partial charge in [0.25, 0.3) is 5.91 Å². The normalized spacial score (nSPS) is 15.5. The molecular formula is C11H17NO3. The number of hydrogen-bond acceptors (Lipinski definition) is 3. The molecule has 0 aliphatic carbocycles. The molecule has 0 aromatic heterocycles. The second kappa shape index (κ2) is 6.22. The monoisotopic (exact) mass is 211 g/mol. The van der Waals surface area contributed by atoms with E-state index in [0.29, 0.717) is 19.4 Å². The largest absolute Gasteiger partial charge is 0.338 e. The third-order valence-corrected chi connectivity index (χ3v) is 2.28. The van der Waals surface area contributed by atoms with E-state index in [9.17, 15) is 9.59 Å². The first-order valence-electron chi connectivity index (χ1n) is 5.36. The highest BCUT2D eigenvalue weighted by molar-refractivity contribution is 5.79. The molecule has 15 heavy (non-hydrogen) atoms. The van der Waals surface area contributed by atoms with Gasteiger partial charge < -0.3 is 4.84 Å². The molecule has 0 saturated carbocycles. The molecule has 0 unspecified atom stereocenters. The molecule has 0 aromatic rings. The third-order valence-electron chi connectivity index (χ3n) is 2.28. The molecule has 0 spiro atoms. The Morgan fingerprint density at radius 2 is 2.33 bits per heavy atom. The van der Waals surface area contributed by atoms with Gasteiger partial charge in [0.15, 0.2) is 0 Å². The first-order valence-corrected chi connectivity index (χ1v) is 5.36. The Morgan fingerprint density at radius 3 is 2.93 bits per heavy atom. The van der Waals surface area contributed by atoms with Gasteiger partial charge in [0.1, 0.15) is 0 Å². The number of carbonyl (C=O) groups excluding carboxylic acids is 2. The average Bonchev–Trinajstić information content (AvgIpc) is 2.59. The van der Waals surface area contributed by atoms with Crippen molar-refractivity contribution in [2.24, 2.45) is 0 Å². The maximum Gasteiger partial charge on any atom is 0.332 e. The van der Waals surface area contributed by atoms with Crippen molar-refractivity contribution in [3.05, 3.63) is 12.7 Å². The fourth-order valence-corrected chi connectivity index (χ4v) is 1.45. The van der Waals surface area contributed by atoms with Crippen LogP contribution in [0.4, 0.5) is 0 Å². The van der Waals surface area contributed by atoms with Crippen LogP contribution in [0.15, 0.2) is 12.7 Å². The highest BCUT2D eigenvalue weighted by atomic mass is 16.7. The lowest BCUT2D eigenvalue weighted by atomic mass is 10.2. The van der Waals surface area contributed by atoms with E-state index in [2.05, 4.69) is 6.58 Å². The van der Waals surface area contributed by atoms with Crippen LogP contribution < -0.4 is 0 Å². The van der Waals surface area contributed by atoms with Crippen LogP contribution in [0, 0.1) is 0 Å². The molecule has 84 valence electrons. The molecule has 1 amide bonds. The number of rotatable bonds is 6. The van der Waals surface area contributed by atoms with Gasteiger partial charge in [-0.05, 0) is 25.7 Å². The zero-order valence-electron chi connectivity index (χ0n) is 8.91. The minimum Gasteiger partial charge on any atom is -0.338 e. The van der Waals surface area contributed by atoms with E-state index in [1.165, 1.54) is 5.06 Å². The van der Waals surface area contributed by atoms with E-state index >= 15 is 0 Å². The first-order chi connectivity index (χ1) is 7.24. The van der Waals surface area contributed by atoms with Crippen molar-refractivity contribution in [2.45, 2.75) is 38.5 Å². The van der Waals surface area contributed by atoms with Gasteiger partial charge in [-0.2, -0.15) is 5.06 Å². The van der Waals surface area contributed by atoms with Gasteiger partial charge in [-0.3, -0.25) is 4.79 Å². The van der Waals surface area contributed by atoms with Crippen LogP contribution in [0.5, 0.6) is 0 Å². The van der Waals surface area contributed by atoms with E-state index in [-0.39, 0.29) is 11.9 Å².